The summed E-state index contributed by atoms with van der Waals surface area (Å²) >= 11 is 0. The Morgan fingerprint density at radius 2 is 2.08 bits per heavy atom. The van der Waals surface area contributed by atoms with Gasteiger partial charge in [0.25, 0.3) is 0 Å². The van der Waals surface area contributed by atoms with Crippen molar-refractivity contribution >= 4 is 11.8 Å². The van der Waals surface area contributed by atoms with Gasteiger partial charge in [-0.25, -0.2) is 4.39 Å². The zero-order valence-corrected chi connectivity index (χ0v) is 14.5. The lowest BCUT2D eigenvalue weighted by Gasteiger charge is -2.37. The van der Waals surface area contributed by atoms with Crippen molar-refractivity contribution in [1.29, 1.82) is 0 Å². The zero-order chi connectivity index (χ0) is 17.8. The summed E-state index contributed by atoms with van der Waals surface area (Å²) in [7, 11) is 1.45. The average Bonchev–Trinajstić information content (AvgIpc) is 2.62. The molecule has 1 aromatic rings. The van der Waals surface area contributed by atoms with Gasteiger partial charge in [-0.2, -0.15) is 0 Å². The van der Waals surface area contributed by atoms with E-state index < -0.39 is 0 Å². The third-order valence-electron chi connectivity index (χ3n) is 4.84. The Bertz CT molecular complexity index is 644. The second-order valence-corrected chi connectivity index (χ2v) is 6.58. The van der Waals surface area contributed by atoms with Crippen LogP contribution in [0.25, 0.3) is 0 Å². The lowest BCUT2D eigenvalue weighted by Crippen LogP contribution is -2.55. The van der Waals surface area contributed by atoms with Gasteiger partial charge in [0.15, 0.2) is 11.6 Å². The molecular formula is C18H24FN3O3. The SMILES string of the molecule is COc1ccc(CN2CCN(C(=O)[C@H]3CCCC(=O)N3)CC2)cc1F. The van der Waals surface area contributed by atoms with Gasteiger partial charge in [-0.05, 0) is 30.5 Å². The summed E-state index contributed by atoms with van der Waals surface area (Å²) in [6.07, 6.45) is 2.00. The van der Waals surface area contributed by atoms with Crippen LogP contribution in [0.15, 0.2) is 18.2 Å². The molecule has 1 aromatic carbocycles. The number of methoxy groups -OCH3 is 1. The van der Waals surface area contributed by atoms with Crippen LogP contribution in [0.2, 0.25) is 0 Å². The lowest BCUT2D eigenvalue weighted by atomic mass is 10.0. The van der Waals surface area contributed by atoms with E-state index >= 15 is 0 Å². The molecule has 2 aliphatic rings. The van der Waals surface area contributed by atoms with Gasteiger partial charge in [-0.15, -0.1) is 0 Å². The number of nitrogens with zero attached hydrogens (tertiary/aromatic N) is 2. The van der Waals surface area contributed by atoms with Crippen LogP contribution >= 0.6 is 0 Å². The van der Waals surface area contributed by atoms with Crippen molar-refractivity contribution in [2.45, 2.75) is 31.8 Å². The van der Waals surface area contributed by atoms with Crippen LogP contribution in [0.4, 0.5) is 4.39 Å². The minimum Gasteiger partial charge on any atom is -0.494 e. The van der Waals surface area contributed by atoms with Crippen LogP contribution < -0.4 is 10.1 Å². The number of ether oxygens (including phenoxy) is 1. The average molecular weight is 349 g/mol. The first-order chi connectivity index (χ1) is 12.1. The van der Waals surface area contributed by atoms with E-state index in [9.17, 15) is 14.0 Å². The van der Waals surface area contributed by atoms with Crippen molar-refractivity contribution in [3.8, 4) is 5.75 Å². The van der Waals surface area contributed by atoms with Crippen molar-refractivity contribution < 1.29 is 18.7 Å². The molecule has 1 atom stereocenters. The minimum atomic E-state index is -0.372. The molecule has 0 unspecified atom stereocenters. The molecule has 7 heteroatoms. The highest BCUT2D eigenvalue weighted by molar-refractivity contribution is 5.88. The molecule has 0 saturated carbocycles. The Hall–Kier alpha value is -2.15. The van der Waals surface area contributed by atoms with Crippen molar-refractivity contribution in [2.75, 3.05) is 33.3 Å². The first kappa shape index (κ1) is 17.7. The first-order valence-corrected chi connectivity index (χ1v) is 8.70. The monoisotopic (exact) mass is 349 g/mol. The van der Waals surface area contributed by atoms with E-state index in [-0.39, 0.29) is 29.4 Å². The summed E-state index contributed by atoms with van der Waals surface area (Å²) in [6, 6.07) is 4.62. The predicted molar refractivity (Wildman–Crippen MR) is 90.6 cm³/mol. The van der Waals surface area contributed by atoms with Crippen molar-refractivity contribution in [3.63, 3.8) is 0 Å². The van der Waals surface area contributed by atoms with Gasteiger partial charge in [-0.3, -0.25) is 14.5 Å². The Morgan fingerprint density at radius 3 is 2.72 bits per heavy atom. The van der Waals surface area contributed by atoms with Crippen molar-refractivity contribution in [2.24, 2.45) is 0 Å². The maximum Gasteiger partial charge on any atom is 0.245 e. The second-order valence-electron chi connectivity index (χ2n) is 6.58. The molecule has 2 fully saturated rings. The Kier molecular flexibility index (Phi) is 5.53. The Labute approximate surface area is 146 Å². The molecule has 0 aromatic heterocycles. The highest BCUT2D eigenvalue weighted by Crippen LogP contribution is 2.19. The summed E-state index contributed by atoms with van der Waals surface area (Å²) in [4.78, 5) is 28.0. The van der Waals surface area contributed by atoms with E-state index in [0.717, 1.165) is 31.5 Å². The van der Waals surface area contributed by atoms with Gasteiger partial charge in [0.05, 0.1) is 7.11 Å². The van der Waals surface area contributed by atoms with Gasteiger partial charge in [0, 0.05) is 39.1 Å². The second kappa shape index (κ2) is 7.82. The summed E-state index contributed by atoms with van der Waals surface area (Å²) in [5.74, 6) is -0.136. The minimum absolute atomic E-state index is 0.0168. The standard InChI is InChI=1S/C18H24FN3O3/c1-25-16-6-5-13(11-14(16)19)12-21-7-9-22(10-8-21)18(24)15-3-2-4-17(23)20-15/h5-6,11,15H,2-4,7-10,12H2,1H3,(H,20,23)/t15-/m1/s1. The Morgan fingerprint density at radius 1 is 1.32 bits per heavy atom. The van der Waals surface area contributed by atoms with Gasteiger partial charge >= 0.3 is 0 Å². The molecule has 0 radical (unpaired) electrons. The van der Waals surface area contributed by atoms with Crippen molar-refractivity contribution in [1.82, 2.24) is 15.1 Å². The number of hydrogen-bond acceptors (Lipinski definition) is 4. The fourth-order valence-electron chi connectivity index (χ4n) is 3.40. The summed E-state index contributed by atoms with van der Waals surface area (Å²) < 4.78 is 18.7. The molecule has 0 aliphatic carbocycles. The molecule has 2 amide bonds. The van der Waals surface area contributed by atoms with E-state index in [1.54, 1.807) is 6.07 Å². The molecule has 1 N–H and O–H groups in total. The maximum absolute atomic E-state index is 13.8. The fourth-order valence-corrected chi connectivity index (χ4v) is 3.40. The van der Waals surface area contributed by atoms with Crippen LogP contribution in [0.3, 0.4) is 0 Å². The van der Waals surface area contributed by atoms with Crippen molar-refractivity contribution in [3.05, 3.63) is 29.6 Å². The number of carbonyl (C=O) groups is 2. The van der Waals surface area contributed by atoms with Crippen LogP contribution in [0.5, 0.6) is 5.75 Å². The Balaban J connectivity index is 1.50. The van der Waals surface area contributed by atoms with Crippen LogP contribution in [0.1, 0.15) is 24.8 Å². The predicted octanol–water partition coefficient (Wildman–Crippen LogP) is 1.15. The highest BCUT2D eigenvalue weighted by Gasteiger charge is 2.30. The number of carbonyl (C=O) groups excluding carboxylic acids is 2. The third-order valence-corrected chi connectivity index (χ3v) is 4.84. The molecular weight excluding hydrogens is 325 g/mol. The number of amides is 2. The normalized spacial score (nSPS) is 21.8. The number of nitrogens with one attached hydrogen (secondary N) is 1. The quantitative estimate of drug-likeness (QED) is 0.886. The molecule has 3 rings (SSSR count). The fraction of sp³-hybridized carbons (Fsp3) is 0.556. The maximum atomic E-state index is 13.8. The van der Waals surface area contributed by atoms with E-state index in [1.165, 1.54) is 13.2 Å². The molecule has 0 bridgehead atoms. The largest absolute Gasteiger partial charge is 0.494 e. The van der Waals surface area contributed by atoms with E-state index in [2.05, 4.69) is 10.2 Å². The number of benzene rings is 1. The van der Waals surface area contributed by atoms with Gasteiger partial charge in [0.1, 0.15) is 6.04 Å². The number of hydrogen-bond donors (Lipinski definition) is 1. The molecule has 2 aliphatic heterocycles. The summed E-state index contributed by atoms with van der Waals surface area (Å²) in [5.41, 5.74) is 0.887. The number of piperidine rings is 1. The molecule has 136 valence electrons. The molecule has 0 spiro atoms. The number of piperazine rings is 1. The number of halogens is 1. The van der Waals surface area contributed by atoms with Crippen LogP contribution in [-0.4, -0.2) is 60.9 Å². The zero-order valence-electron chi connectivity index (χ0n) is 14.5. The highest BCUT2D eigenvalue weighted by atomic mass is 19.1. The molecule has 25 heavy (non-hydrogen) atoms. The van der Waals surface area contributed by atoms with E-state index in [4.69, 9.17) is 4.74 Å². The molecule has 2 saturated heterocycles. The van der Waals surface area contributed by atoms with Gasteiger partial charge < -0.3 is 15.0 Å². The summed E-state index contributed by atoms with van der Waals surface area (Å²) in [5, 5.41) is 2.78. The topological polar surface area (TPSA) is 61.9 Å². The van der Waals surface area contributed by atoms with Crippen LogP contribution in [-0.2, 0) is 16.1 Å². The lowest BCUT2D eigenvalue weighted by molar-refractivity contribution is -0.139. The smallest absolute Gasteiger partial charge is 0.245 e. The third kappa shape index (κ3) is 4.28. The molecule has 2 heterocycles. The van der Waals surface area contributed by atoms with Crippen LogP contribution in [0, 0.1) is 5.82 Å². The van der Waals surface area contributed by atoms with Gasteiger partial charge in [0.2, 0.25) is 11.8 Å². The van der Waals surface area contributed by atoms with Gasteiger partial charge in [-0.1, -0.05) is 6.07 Å². The van der Waals surface area contributed by atoms with E-state index in [1.807, 2.05) is 11.0 Å². The summed E-state index contributed by atoms with van der Waals surface area (Å²) in [6.45, 7) is 3.37. The number of rotatable bonds is 4. The first-order valence-electron chi connectivity index (χ1n) is 8.70. The van der Waals surface area contributed by atoms with E-state index in [0.29, 0.717) is 26.1 Å². The molecule has 6 nitrogen and oxygen atoms in total.